The molecule has 1 N–H and O–H groups in total. The Labute approximate surface area is 168 Å². The maximum absolute atomic E-state index is 10.6. The van der Waals surface area contributed by atoms with Crippen molar-refractivity contribution in [3.63, 3.8) is 0 Å². The highest BCUT2D eigenvalue weighted by Crippen LogP contribution is 2.45. The fraction of sp³-hybridized carbons (Fsp3) is 0.130. The molecule has 138 valence electrons. The van der Waals surface area contributed by atoms with Gasteiger partial charge in [-0.05, 0) is 42.5 Å². The fourth-order valence-electron chi connectivity index (χ4n) is 3.73. The van der Waals surface area contributed by atoms with Crippen molar-refractivity contribution in [1.29, 1.82) is 0 Å². The number of hydrogen-bond donors (Lipinski definition) is 1. The molecule has 0 amide bonds. The summed E-state index contributed by atoms with van der Waals surface area (Å²) in [5.41, 5.74) is 2.82. The minimum atomic E-state index is -0.00860. The van der Waals surface area contributed by atoms with Crippen LogP contribution >= 0.6 is 11.8 Å². The number of aliphatic imine (C=N–C) groups is 1. The van der Waals surface area contributed by atoms with E-state index in [2.05, 4.69) is 34.1 Å². The van der Waals surface area contributed by atoms with Crippen molar-refractivity contribution in [2.24, 2.45) is 4.99 Å². The Morgan fingerprint density at radius 1 is 0.929 bits per heavy atom. The van der Waals surface area contributed by atoms with Crippen molar-refractivity contribution in [2.75, 3.05) is 4.90 Å². The molecule has 2 aromatic carbocycles. The van der Waals surface area contributed by atoms with Crippen LogP contribution in [0.25, 0.3) is 6.08 Å². The number of nitrogens with zero attached hydrogens (tertiary/aromatic N) is 3. The van der Waals surface area contributed by atoms with Gasteiger partial charge >= 0.3 is 0 Å². The number of para-hydroxylation sites is 1. The highest BCUT2D eigenvalue weighted by atomic mass is 32.2. The largest absolute Gasteiger partial charge is 0.506 e. The first-order valence-electron chi connectivity index (χ1n) is 9.29. The molecule has 0 fully saturated rings. The molecule has 1 aromatic heterocycles. The number of rotatable bonds is 3. The lowest BCUT2D eigenvalue weighted by Gasteiger charge is -2.41. The second-order valence-corrected chi connectivity index (χ2v) is 8.05. The molecule has 0 saturated heterocycles. The third-order valence-corrected chi connectivity index (χ3v) is 6.21. The third-order valence-electron chi connectivity index (χ3n) is 4.99. The van der Waals surface area contributed by atoms with Gasteiger partial charge in [0, 0.05) is 23.1 Å². The monoisotopic (exact) mass is 385 g/mol. The first-order valence-corrected chi connectivity index (χ1v) is 10.2. The maximum Gasteiger partial charge on any atom is 0.139 e. The molecule has 2 unspecified atom stereocenters. The minimum absolute atomic E-state index is 0.00860. The van der Waals surface area contributed by atoms with Crippen LogP contribution in [0.3, 0.4) is 0 Å². The first kappa shape index (κ1) is 17.1. The smallest absolute Gasteiger partial charge is 0.139 e. The van der Waals surface area contributed by atoms with Crippen molar-refractivity contribution >= 4 is 29.4 Å². The van der Waals surface area contributed by atoms with Crippen molar-refractivity contribution < 1.29 is 5.11 Å². The van der Waals surface area contributed by atoms with Crippen molar-refractivity contribution in [3.8, 4) is 5.75 Å². The Hall–Kier alpha value is -3.05. The van der Waals surface area contributed by atoms with E-state index in [0.29, 0.717) is 0 Å². The molecule has 0 radical (unpaired) electrons. The molecule has 4 nitrogen and oxygen atoms in total. The third kappa shape index (κ3) is 3.08. The Bertz CT molecular complexity index is 1050. The van der Waals surface area contributed by atoms with E-state index in [4.69, 9.17) is 4.99 Å². The standard InChI is InChI=1S/C23H19N3OS/c27-20-11-6-7-16-12-13-21-25-19(18-10-4-5-14-24-18)15-22(26(21)23(16)20)28-17-8-2-1-3-9-17/h1-14,19,22,27H,15H2. The Balaban J connectivity index is 1.60. The van der Waals surface area contributed by atoms with Gasteiger partial charge in [-0.25, -0.2) is 0 Å². The summed E-state index contributed by atoms with van der Waals surface area (Å²) in [4.78, 5) is 12.9. The predicted octanol–water partition coefficient (Wildman–Crippen LogP) is 5.28. The SMILES string of the molecule is Oc1cccc2c1N1C(=NC(c3ccccn3)CC1Sc1ccccc1)C=C2. The van der Waals surface area contributed by atoms with Crippen LogP contribution in [0.1, 0.15) is 23.7 Å². The van der Waals surface area contributed by atoms with Crippen molar-refractivity contribution in [3.05, 3.63) is 90.3 Å². The van der Waals surface area contributed by atoms with Gasteiger partial charge in [-0.1, -0.05) is 36.4 Å². The number of phenols is 1. The summed E-state index contributed by atoms with van der Waals surface area (Å²) in [6.45, 7) is 0. The van der Waals surface area contributed by atoms with Gasteiger partial charge in [0.05, 0.1) is 22.8 Å². The van der Waals surface area contributed by atoms with Crippen LogP contribution in [-0.4, -0.2) is 21.3 Å². The molecule has 2 aliphatic heterocycles. The van der Waals surface area contributed by atoms with Gasteiger partial charge in [0.15, 0.2) is 0 Å². The van der Waals surface area contributed by atoms with E-state index in [1.165, 1.54) is 4.90 Å². The molecule has 0 saturated carbocycles. The molecule has 3 heterocycles. The van der Waals surface area contributed by atoms with Gasteiger partial charge in [-0.3, -0.25) is 9.98 Å². The summed E-state index contributed by atoms with van der Waals surface area (Å²) in [6.07, 6.45) is 6.69. The van der Waals surface area contributed by atoms with Gasteiger partial charge in [0.1, 0.15) is 11.6 Å². The van der Waals surface area contributed by atoms with Gasteiger partial charge < -0.3 is 10.0 Å². The molecule has 28 heavy (non-hydrogen) atoms. The second kappa shape index (κ2) is 7.17. The van der Waals surface area contributed by atoms with E-state index >= 15 is 0 Å². The van der Waals surface area contributed by atoms with Crippen LogP contribution in [0.4, 0.5) is 5.69 Å². The molecule has 2 atom stereocenters. The Morgan fingerprint density at radius 3 is 2.61 bits per heavy atom. The molecule has 2 aliphatic rings. The molecule has 5 heteroatoms. The number of hydrogen-bond acceptors (Lipinski definition) is 5. The number of phenolic OH excluding ortho intramolecular Hbond substituents is 1. The lowest BCUT2D eigenvalue weighted by molar-refractivity contribution is 0.473. The summed E-state index contributed by atoms with van der Waals surface area (Å²) in [7, 11) is 0. The van der Waals surface area contributed by atoms with E-state index in [9.17, 15) is 5.11 Å². The zero-order chi connectivity index (χ0) is 18.9. The topological polar surface area (TPSA) is 48.7 Å². The molecule has 0 bridgehead atoms. The highest BCUT2D eigenvalue weighted by molar-refractivity contribution is 8.00. The summed E-state index contributed by atoms with van der Waals surface area (Å²) in [6, 6.07) is 22.0. The van der Waals surface area contributed by atoms with E-state index in [-0.39, 0.29) is 17.2 Å². The Morgan fingerprint density at radius 2 is 1.79 bits per heavy atom. The first-order chi connectivity index (χ1) is 13.8. The number of anilines is 1. The van der Waals surface area contributed by atoms with E-state index in [1.54, 1.807) is 17.8 Å². The normalized spacial score (nSPS) is 20.3. The van der Waals surface area contributed by atoms with Crippen molar-refractivity contribution in [2.45, 2.75) is 22.7 Å². The molecule has 0 aliphatic carbocycles. The van der Waals surface area contributed by atoms with Crippen LogP contribution in [0.2, 0.25) is 0 Å². The lowest BCUT2D eigenvalue weighted by Crippen LogP contribution is -2.43. The highest BCUT2D eigenvalue weighted by Gasteiger charge is 2.36. The number of aromatic hydroxyl groups is 1. The molecular weight excluding hydrogens is 366 g/mol. The zero-order valence-electron chi connectivity index (χ0n) is 15.1. The predicted molar refractivity (Wildman–Crippen MR) is 115 cm³/mol. The van der Waals surface area contributed by atoms with E-state index in [0.717, 1.165) is 29.2 Å². The van der Waals surface area contributed by atoms with Crippen molar-refractivity contribution in [1.82, 2.24) is 4.98 Å². The van der Waals surface area contributed by atoms with E-state index in [1.807, 2.05) is 54.7 Å². The summed E-state index contributed by atoms with van der Waals surface area (Å²) >= 11 is 1.79. The van der Waals surface area contributed by atoms with Crippen LogP contribution in [-0.2, 0) is 0 Å². The lowest BCUT2D eigenvalue weighted by atomic mass is 10.0. The van der Waals surface area contributed by atoms with Gasteiger partial charge in [-0.15, -0.1) is 11.8 Å². The summed E-state index contributed by atoms with van der Waals surface area (Å²) in [5, 5.41) is 10.7. The van der Waals surface area contributed by atoms with Gasteiger partial charge in [-0.2, -0.15) is 0 Å². The van der Waals surface area contributed by atoms with Gasteiger partial charge in [0.2, 0.25) is 0 Å². The summed E-state index contributed by atoms with van der Waals surface area (Å²) in [5.74, 6) is 1.15. The number of benzene rings is 2. The zero-order valence-corrected chi connectivity index (χ0v) is 16.0. The fourth-order valence-corrected chi connectivity index (χ4v) is 4.95. The van der Waals surface area contributed by atoms with Crippen LogP contribution in [0.15, 0.2) is 88.9 Å². The van der Waals surface area contributed by atoms with Crippen LogP contribution in [0.5, 0.6) is 5.75 Å². The minimum Gasteiger partial charge on any atom is -0.506 e. The van der Waals surface area contributed by atoms with Crippen LogP contribution < -0.4 is 4.90 Å². The maximum atomic E-state index is 10.6. The number of fused-ring (bicyclic) bond motifs is 3. The number of aromatic nitrogens is 1. The Kier molecular flexibility index (Phi) is 4.37. The van der Waals surface area contributed by atoms with Gasteiger partial charge in [0.25, 0.3) is 0 Å². The average Bonchev–Trinajstić information content (AvgIpc) is 2.75. The average molecular weight is 385 g/mol. The number of pyridine rings is 1. The summed E-state index contributed by atoms with van der Waals surface area (Å²) < 4.78 is 0. The number of amidine groups is 1. The molecule has 5 rings (SSSR count). The quantitative estimate of drug-likeness (QED) is 0.666. The molecular formula is C23H19N3OS. The van der Waals surface area contributed by atoms with E-state index < -0.39 is 0 Å². The molecule has 0 spiro atoms. The number of thioether (sulfide) groups is 1. The van der Waals surface area contributed by atoms with Crippen LogP contribution in [0, 0.1) is 0 Å². The second-order valence-electron chi connectivity index (χ2n) is 6.80. The molecule has 3 aromatic rings.